The SMILES string of the molecule is CC.CC.CC.Cc1nnco1. The van der Waals surface area contributed by atoms with E-state index in [1.165, 1.54) is 6.39 Å². The lowest BCUT2D eigenvalue weighted by atomic mass is 10.8. The summed E-state index contributed by atoms with van der Waals surface area (Å²) in [4.78, 5) is 0. The van der Waals surface area contributed by atoms with Crippen molar-refractivity contribution in [3.8, 4) is 0 Å². The summed E-state index contributed by atoms with van der Waals surface area (Å²) in [5.41, 5.74) is 0. The van der Waals surface area contributed by atoms with E-state index in [1.54, 1.807) is 6.92 Å². The zero-order valence-corrected chi connectivity index (χ0v) is 9.38. The van der Waals surface area contributed by atoms with Crippen LogP contribution in [0.1, 0.15) is 47.4 Å². The zero-order valence-electron chi connectivity index (χ0n) is 9.38. The second-order valence-corrected chi connectivity index (χ2v) is 0.958. The molecule has 1 rings (SSSR count). The molecule has 0 radical (unpaired) electrons. The number of rotatable bonds is 0. The van der Waals surface area contributed by atoms with Gasteiger partial charge in [-0.2, -0.15) is 0 Å². The molecule has 0 aromatic carbocycles. The Labute approximate surface area is 76.2 Å². The molecule has 12 heavy (non-hydrogen) atoms. The monoisotopic (exact) mass is 174 g/mol. The van der Waals surface area contributed by atoms with Gasteiger partial charge in [0.1, 0.15) is 0 Å². The summed E-state index contributed by atoms with van der Waals surface area (Å²) < 4.78 is 4.61. The highest BCUT2D eigenvalue weighted by Crippen LogP contribution is 1.82. The Bertz CT molecular complexity index is 116. The summed E-state index contributed by atoms with van der Waals surface area (Å²) in [5, 5.41) is 6.91. The Kier molecular flexibility index (Phi) is 32.4. The third kappa shape index (κ3) is 16.1. The van der Waals surface area contributed by atoms with Crippen molar-refractivity contribution in [2.45, 2.75) is 48.5 Å². The van der Waals surface area contributed by atoms with Gasteiger partial charge in [0.15, 0.2) is 0 Å². The Morgan fingerprint density at radius 1 is 1.00 bits per heavy atom. The van der Waals surface area contributed by atoms with Crippen molar-refractivity contribution in [1.29, 1.82) is 0 Å². The van der Waals surface area contributed by atoms with Crippen LogP contribution in [-0.4, -0.2) is 10.2 Å². The fourth-order valence-corrected chi connectivity index (χ4v) is 0.228. The first-order valence-electron chi connectivity index (χ1n) is 4.62. The van der Waals surface area contributed by atoms with Gasteiger partial charge in [-0.3, -0.25) is 0 Å². The van der Waals surface area contributed by atoms with Crippen LogP contribution in [0.3, 0.4) is 0 Å². The molecule has 3 nitrogen and oxygen atoms in total. The first-order chi connectivity index (χ1) is 5.89. The van der Waals surface area contributed by atoms with Gasteiger partial charge in [0.2, 0.25) is 12.3 Å². The second-order valence-electron chi connectivity index (χ2n) is 0.958. The zero-order chi connectivity index (χ0) is 10.4. The fraction of sp³-hybridized carbons (Fsp3) is 0.778. The molecule has 0 aliphatic heterocycles. The van der Waals surface area contributed by atoms with E-state index < -0.39 is 0 Å². The Balaban J connectivity index is -0.000000117. The third-order valence-corrected chi connectivity index (χ3v) is 0.469. The molecule has 3 heteroatoms. The molecule has 0 bridgehead atoms. The van der Waals surface area contributed by atoms with E-state index in [1.807, 2.05) is 41.5 Å². The second kappa shape index (κ2) is 22.5. The fourth-order valence-electron chi connectivity index (χ4n) is 0.228. The van der Waals surface area contributed by atoms with Crippen molar-refractivity contribution >= 4 is 0 Å². The van der Waals surface area contributed by atoms with Crippen LogP contribution in [0, 0.1) is 6.92 Å². The van der Waals surface area contributed by atoms with Crippen LogP contribution in [0.5, 0.6) is 0 Å². The molecule has 0 fully saturated rings. The Morgan fingerprint density at radius 2 is 1.42 bits per heavy atom. The summed E-state index contributed by atoms with van der Waals surface area (Å²) in [5.74, 6) is 0.606. The van der Waals surface area contributed by atoms with Crippen molar-refractivity contribution in [1.82, 2.24) is 10.2 Å². The lowest BCUT2D eigenvalue weighted by Crippen LogP contribution is -1.65. The first-order valence-corrected chi connectivity index (χ1v) is 4.62. The number of aryl methyl sites for hydroxylation is 1. The minimum Gasteiger partial charge on any atom is -0.428 e. The molecule has 1 aromatic rings. The molecule has 1 aromatic heterocycles. The van der Waals surface area contributed by atoms with Gasteiger partial charge >= 0.3 is 0 Å². The van der Waals surface area contributed by atoms with E-state index in [0.717, 1.165) is 0 Å². The van der Waals surface area contributed by atoms with Gasteiger partial charge in [0.25, 0.3) is 0 Å². The van der Waals surface area contributed by atoms with Gasteiger partial charge in [0.05, 0.1) is 0 Å². The highest BCUT2D eigenvalue weighted by atomic mass is 16.4. The average molecular weight is 174 g/mol. The van der Waals surface area contributed by atoms with Gasteiger partial charge in [-0.25, -0.2) is 0 Å². The molecule has 0 unspecified atom stereocenters. The van der Waals surface area contributed by atoms with E-state index in [4.69, 9.17) is 0 Å². The summed E-state index contributed by atoms with van der Waals surface area (Å²) >= 11 is 0. The molecule has 1 heterocycles. The Hall–Kier alpha value is -0.860. The van der Waals surface area contributed by atoms with E-state index >= 15 is 0 Å². The molecule has 0 spiro atoms. The predicted octanol–water partition coefficient (Wildman–Crippen LogP) is 3.46. The molecule has 0 atom stereocenters. The first kappa shape index (κ1) is 17.3. The molecular weight excluding hydrogens is 152 g/mol. The number of aromatic nitrogens is 2. The highest BCUT2D eigenvalue weighted by Gasteiger charge is 1.79. The lowest BCUT2D eigenvalue weighted by molar-refractivity contribution is 0.518. The minimum atomic E-state index is 0.606. The molecule has 0 aliphatic carbocycles. The topological polar surface area (TPSA) is 38.9 Å². The summed E-state index contributed by atoms with van der Waals surface area (Å²) in [7, 11) is 0. The van der Waals surface area contributed by atoms with Crippen molar-refractivity contribution in [3.05, 3.63) is 12.3 Å². The maximum atomic E-state index is 4.61. The average Bonchev–Trinajstić information content (AvgIpc) is 2.66. The van der Waals surface area contributed by atoms with Gasteiger partial charge in [0, 0.05) is 6.92 Å². The highest BCUT2D eigenvalue weighted by molar-refractivity contribution is 4.60. The van der Waals surface area contributed by atoms with Crippen LogP contribution in [0.25, 0.3) is 0 Å². The lowest BCUT2D eigenvalue weighted by Gasteiger charge is -1.63. The van der Waals surface area contributed by atoms with Crippen LogP contribution in [0.2, 0.25) is 0 Å². The standard InChI is InChI=1S/C3H4N2O.3C2H6/c1-3-5-4-2-6-3;3*1-2/h2H,1H3;3*1-2H3. The van der Waals surface area contributed by atoms with Crippen LogP contribution in [0.15, 0.2) is 10.8 Å². The van der Waals surface area contributed by atoms with E-state index in [2.05, 4.69) is 14.6 Å². The third-order valence-electron chi connectivity index (χ3n) is 0.469. The maximum Gasteiger partial charge on any atom is 0.213 e. The van der Waals surface area contributed by atoms with Crippen molar-refractivity contribution in [2.24, 2.45) is 0 Å². The Morgan fingerprint density at radius 3 is 1.50 bits per heavy atom. The summed E-state index contributed by atoms with van der Waals surface area (Å²) in [6, 6.07) is 0. The van der Waals surface area contributed by atoms with Crippen molar-refractivity contribution < 1.29 is 4.42 Å². The van der Waals surface area contributed by atoms with Crippen molar-refractivity contribution in [2.75, 3.05) is 0 Å². The van der Waals surface area contributed by atoms with E-state index in [9.17, 15) is 0 Å². The quantitative estimate of drug-likeness (QED) is 0.604. The number of nitrogens with zero attached hydrogens (tertiary/aromatic N) is 2. The molecule has 0 saturated heterocycles. The van der Waals surface area contributed by atoms with Crippen LogP contribution >= 0.6 is 0 Å². The smallest absolute Gasteiger partial charge is 0.213 e. The van der Waals surface area contributed by atoms with E-state index in [0.29, 0.717) is 5.89 Å². The van der Waals surface area contributed by atoms with Crippen LogP contribution in [-0.2, 0) is 0 Å². The van der Waals surface area contributed by atoms with Crippen LogP contribution < -0.4 is 0 Å². The number of hydrogen-bond donors (Lipinski definition) is 0. The maximum absolute atomic E-state index is 4.61. The molecule has 0 N–H and O–H groups in total. The molecule has 0 saturated carbocycles. The summed E-state index contributed by atoms with van der Waals surface area (Å²) in [6.45, 7) is 13.7. The van der Waals surface area contributed by atoms with Gasteiger partial charge in [-0.05, 0) is 0 Å². The number of hydrogen-bond acceptors (Lipinski definition) is 3. The van der Waals surface area contributed by atoms with Crippen molar-refractivity contribution in [3.63, 3.8) is 0 Å². The van der Waals surface area contributed by atoms with E-state index in [-0.39, 0.29) is 0 Å². The molecule has 74 valence electrons. The summed E-state index contributed by atoms with van der Waals surface area (Å²) in [6.07, 6.45) is 1.30. The largest absolute Gasteiger partial charge is 0.428 e. The molecule has 0 aliphatic rings. The minimum absolute atomic E-state index is 0.606. The predicted molar refractivity (Wildman–Crippen MR) is 53.1 cm³/mol. The van der Waals surface area contributed by atoms with Gasteiger partial charge in [-0.15, -0.1) is 10.2 Å². The van der Waals surface area contributed by atoms with Gasteiger partial charge in [-0.1, -0.05) is 41.5 Å². The van der Waals surface area contributed by atoms with Crippen LogP contribution in [0.4, 0.5) is 0 Å². The molecule has 0 amide bonds. The normalized spacial score (nSPS) is 5.92. The molecular formula is C9H22N2O. The van der Waals surface area contributed by atoms with Gasteiger partial charge < -0.3 is 4.42 Å².